The fraction of sp³-hybridized carbons (Fsp3) is 0.643. The van der Waals surface area contributed by atoms with Gasteiger partial charge in [0.15, 0.2) is 5.96 Å². The number of hydrogen-bond donors (Lipinski definition) is 3. The van der Waals surface area contributed by atoms with Gasteiger partial charge in [-0.1, -0.05) is 25.1 Å². The summed E-state index contributed by atoms with van der Waals surface area (Å²) >= 11 is 0. The predicted octanol–water partition coefficient (Wildman–Crippen LogP) is 3.80. The number of aliphatic imine (C=N–C) groups is 1. The molecule has 0 radical (unpaired) electrons. The highest BCUT2D eigenvalue weighted by Crippen LogP contribution is 2.47. The summed E-state index contributed by atoms with van der Waals surface area (Å²) in [5.74, 6) is -1.84. The van der Waals surface area contributed by atoms with Crippen LogP contribution in [0.4, 0.5) is 13.2 Å². The first-order chi connectivity index (χ1) is 19.0. The second-order valence-corrected chi connectivity index (χ2v) is 11.6. The number of carboxylic acids is 1. The third kappa shape index (κ3) is 7.90. The number of fused-ring (bicyclic) bond motifs is 1. The smallest absolute Gasteiger partial charge is 0.487 e. The Hall–Kier alpha value is -3.35. The second-order valence-electron chi connectivity index (χ2n) is 11.6. The molecule has 2 unspecified atom stereocenters. The molecule has 2 heterocycles. The summed E-state index contributed by atoms with van der Waals surface area (Å²) < 4.78 is 43.3. The van der Waals surface area contributed by atoms with E-state index in [-0.39, 0.29) is 47.3 Å². The van der Waals surface area contributed by atoms with Crippen LogP contribution in [0.25, 0.3) is 0 Å². The Balaban J connectivity index is 0.000000587. The average Bonchev–Trinajstić information content (AvgIpc) is 3.65. The number of aliphatic carboxylic acids is 1. The molecule has 5 atom stereocenters. The van der Waals surface area contributed by atoms with Gasteiger partial charge in [-0.25, -0.2) is 9.79 Å². The molecule has 2 amide bonds. The molecule has 1 aliphatic carbocycles. The van der Waals surface area contributed by atoms with Crippen LogP contribution in [0.2, 0.25) is 0 Å². The molecular formula is C28H39F3N4O6. The molecule has 0 bridgehead atoms. The number of para-hydroxylation sites is 1. The molecule has 2 aliphatic heterocycles. The maximum absolute atomic E-state index is 13.4. The number of carboxylic acid groups (broad SMARTS) is 1. The first kappa shape index (κ1) is 32.2. The van der Waals surface area contributed by atoms with Crippen LogP contribution in [0.5, 0.6) is 5.75 Å². The molecule has 1 saturated carbocycles. The summed E-state index contributed by atoms with van der Waals surface area (Å²) in [5.41, 5.74) is 6.43. The zero-order valence-corrected chi connectivity index (χ0v) is 24.0. The summed E-state index contributed by atoms with van der Waals surface area (Å²) in [4.78, 5) is 41.4. The lowest BCUT2D eigenvalue weighted by Gasteiger charge is -2.40. The molecule has 1 fully saturated rings. The van der Waals surface area contributed by atoms with E-state index in [2.05, 4.69) is 24.2 Å². The van der Waals surface area contributed by atoms with E-state index in [9.17, 15) is 22.8 Å². The van der Waals surface area contributed by atoms with Gasteiger partial charge in [-0.2, -0.15) is 13.2 Å². The number of benzene rings is 1. The molecule has 4 N–H and O–H groups in total. The topological polar surface area (TPSA) is 144 Å². The van der Waals surface area contributed by atoms with E-state index in [1.807, 2.05) is 38.1 Å². The van der Waals surface area contributed by atoms with Crippen LogP contribution >= 0.6 is 0 Å². The van der Waals surface area contributed by atoms with Gasteiger partial charge in [0, 0.05) is 37.7 Å². The molecule has 4 rings (SSSR count). The highest BCUT2D eigenvalue weighted by molar-refractivity contribution is 5.99. The maximum Gasteiger partial charge on any atom is 0.490 e. The molecule has 1 aromatic rings. The summed E-state index contributed by atoms with van der Waals surface area (Å²) in [6, 6.07) is 7.61. The standard InChI is InChI=1S/C26H38N4O4.C2HF3O2/c1-6-26(4)14-19(16-9-7-8-10-21(16)34-26)28-23(32)18-13-17(18)20(11-12-33-5)30-22(31)15-25(2,3)29-24(30)27;3-2(4,5)1(6)7/h7-10,17-20H,6,11-15H2,1-5H3,(H2,27,29)(H,28,32);(H,6,7)/t17-,18-,19?,20-,26?;/m1./s1. The molecule has 3 aliphatic rings. The minimum absolute atomic E-state index is 0.0212. The van der Waals surface area contributed by atoms with Gasteiger partial charge in [-0.15, -0.1) is 0 Å². The number of carbonyl (C=O) groups is 3. The van der Waals surface area contributed by atoms with Crippen molar-refractivity contribution in [2.75, 3.05) is 13.7 Å². The van der Waals surface area contributed by atoms with Crippen molar-refractivity contribution in [1.29, 1.82) is 0 Å². The van der Waals surface area contributed by atoms with Crippen LogP contribution in [-0.4, -0.2) is 70.8 Å². The summed E-state index contributed by atoms with van der Waals surface area (Å²) in [7, 11) is 1.64. The molecule has 0 saturated heterocycles. The number of alkyl halides is 3. The maximum atomic E-state index is 13.4. The highest BCUT2D eigenvalue weighted by atomic mass is 19.4. The number of nitrogens with two attached hydrogens (primary N) is 1. The molecule has 0 aromatic heterocycles. The fourth-order valence-corrected chi connectivity index (χ4v) is 5.39. The zero-order valence-electron chi connectivity index (χ0n) is 24.0. The molecule has 10 nitrogen and oxygen atoms in total. The van der Waals surface area contributed by atoms with E-state index < -0.39 is 17.7 Å². The first-order valence-corrected chi connectivity index (χ1v) is 13.6. The average molecular weight is 585 g/mol. The van der Waals surface area contributed by atoms with E-state index in [1.54, 1.807) is 12.0 Å². The minimum atomic E-state index is -5.08. The van der Waals surface area contributed by atoms with E-state index >= 15 is 0 Å². The van der Waals surface area contributed by atoms with Crippen molar-refractivity contribution in [2.24, 2.45) is 22.6 Å². The van der Waals surface area contributed by atoms with Crippen LogP contribution in [0.1, 0.15) is 71.4 Å². The van der Waals surface area contributed by atoms with Crippen molar-refractivity contribution in [3.05, 3.63) is 29.8 Å². The number of guanidine groups is 1. The summed E-state index contributed by atoms with van der Waals surface area (Å²) in [6.45, 7) is 8.49. The first-order valence-electron chi connectivity index (χ1n) is 13.6. The third-order valence-corrected chi connectivity index (χ3v) is 7.73. The van der Waals surface area contributed by atoms with Gasteiger partial charge in [-0.3, -0.25) is 14.5 Å². The molecule has 0 spiro atoms. The Morgan fingerprint density at radius 2 is 1.93 bits per heavy atom. The molecular weight excluding hydrogens is 545 g/mol. The van der Waals surface area contributed by atoms with Crippen molar-refractivity contribution in [2.45, 2.75) is 89.2 Å². The van der Waals surface area contributed by atoms with Crippen molar-refractivity contribution in [3.63, 3.8) is 0 Å². The monoisotopic (exact) mass is 584 g/mol. The number of ether oxygens (including phenoxy) is 2. The quantitative estimate of drug-likeness (QED) is 0.422. The van der Waals surface area contributed by atoms with Crippen LogP contribution < -0.4 is 15.8 Å². The predicted molar refractivity (Wildman–Crippen MR) is 144 cm³/mol. The number of nitrogens with zero attached hydrogens (tertiary/aromatic N) is 2. The fourth-order valence-electron chi connectivity index (χ4n) is 5.39. The van der Waals surface area contributed by atoms with Gasteiger partial charge >= 0.3 is 12.1 Å². The van der Waals surface area contributed by atoms with Gasteiger partial charge in [0.1, 0.15) is 11.4 Å². The van der Waals surface area contributed by atoms with Gasteiger partial charge < -0.3 is 25.6 Å². The SMILES string of the molecule is CCC1(C)CC(NC(=O)[C@@H]2C[C@H]2[C@@H](CCOC)N2C(=O)CC(C)(C)N=C2N)c2ccccc2O1.O=C(O)C(F)(F)F. The Morgan fingerprint density at radius 3 is 2.49 bits per heavy atom. The van der Waals surface area contributed by atoms with E-state index in [1.165, 1.54) is 0 Å². The number of carbonyl (C=O) groups excluding carboxylic acids is 2. The van der Waals surface area contributed by atoms with Crippen molar-refractivity contribution in [3.8, 4) is 5.75 Å². The van der Waals surface area contributed by atoms with Gasteiger partial charge in [0.25, 0.3) is 0 Å². The molecule has 1 aromatic carbocycles. The highest BCUT2D eigenvalue weighted by Gasteiger charge is 2.52. The van der Waals surface area contributed by atoms with Crippen LogP contribution in [0.15, 0.2) is 29.3 Å². The lowest BCUT2D eigenvalue weighted by Crippen LogP contribution is -2.55. The number of halogens is 3. The third-order valence-electron chi connectivity index (χ3n) is 7.73. The number of methoxy groups -OCH3 is 1. The van der Waals surface area contributed by atoms with Crippen LogP contribution in [0, 0.1) is 11.8 Å². The Bertz CT molecular complexity index is 1170. The molecule has 13 heteroatoms. The Morgan fingerprint density at radius 1 is 1.29 bits per heavy atom. The Kier molecular flexibility index (Phi) is 9.62. The lowest BCUT2D eigenvalue weighted by atomic mass is 9.86. The van der Waals surface area contributed by atoms with Crippen molar-refractivity contribution < 1.29 is 42.1 Å². The normalized spacial score (nSPS) is 27.3. The number of rotatable bonds is 8. The van der Waals surface area contributed by atoms with Crippen LogP contribution in [0.3, 0.4) is 0 Å². The Labute approximate surface area is 237 Å². The zero-order chi connectivity index (χ0) is 30.8. The molecule has 41 heavy (non-hydrogen) atoms. The second kappa shape index (κ2) is 12.3. The van der Waals surface area contributed by atoms with Crippen LogP contribution in [-0.2, 0) is 19.1 Å². The van der Waals surface area contributed by atoms with Crippen molar-refractivity contribution in [1.82, 2.24) is 10.2 Å². The van der Waals surface area contributed by atoms with E-state index in [0.717, 1.165) is 30.6 Å². The number of amides is 2. The lowest BCUT2D eigenvalue weighted by molar-refractivity contribution is -0.192. The summed E-state index contributed by atoms with van der Waals surface area (Å²) in [6.07, 6.45) is -1.88. The number of nitrogens with one attached hydrogen (secondary N) is 1. The van der Waals surface area contributed by atoms with Gasteiger partial charge in [-0.05, 0) is 52.0 Å². The van der Waals surface area contributed by atoms with E-state index in [4.69, 9.17) is 25.1 Å². The molecule has 228 valence electrons. The number of hydrogen-bond acceptors (Lipinski definition) is 7. The minimum Gasteiger partial charge on any atom is -0.487 e. The van der Waals surface area contributed by atoms with E-state index in [0.29, 0.717) is 19.4 Å². The van der Waals surface area contributed by atoms with Gasteiger partial charge in [0.2, 0.25) is 11.8 Å². The van der Waals surface area contributed by atoms with Crippen molar-refractivity contribution >= 4 is 23.7 Å². The van der Waals surface area contributed by atoms with Gasteiger partial charge in [0.05, 0.1) is 18.0 Å². The largest absolute Gasteiger partial charge is 0.490 e. The summed E-state index contributed by atoms with van der Waals surface area (Å²) in [5, 5.41) is 10.4.